The number of nitrogens with one attached hydrogen (secondary N) is 2. The molecule has 152 valence electrons. The van der Waals surface area contributed by atoms with Crippen molar-refractivity contribution in [1.29, 1.82) is 0 Å². The lowest BCUT2D eigenvalue weighted by atomic mass is 10.0. The van der Waals surface area contributed by atoms with Crippen molar-refractivity contribution >= 4 is 45.2 Å². The molecule has 1 aliphatic rings. The molecule has 0 radical (unpaired) electrons. The van der Waals surface area contributed by atoms with Crippen molar-refractivity contribution in [3.63, 3.8) is 0 Å². The summed E-state index contributed by atoms with van der Waals surface area (Å²) in [7, 11) is 0. The molecule has 0 saturated heterocycles. The van der Waals surface area contributed by atoms with Gasteiger partial charge >= 0.3 is 0 Å². The third-order valence-corrected chi connectivity index (χ3v) is 6.67. The van der Waals surface area contributed by atoms with Gasteiger partial charge in [-0.05, 0) is 70.4 Å². The number of para-hydroxylation sites is 1. The number of carbonyl (C=O) groups is 2. The maximum Gasteiger partial charge on any atom is 0.256 e. The molecule has 7 heteroatoms. The van der Waals surface area contributed by atoms with Gasteiger partial charge in [-0.15, -0.1) is 11.8 Å². The van der Waals surface area contributed by atoms with Crippen molar-refractivity contribution in [2.24, 2.45) is 0 Å². The first kappa shape index (κ1) is 20.6. The fourth-order valence-corrected chi connectivity index (χ4v) is 4.95. The molecule has 0 aliphatic carbocycles. The predicted octanol–water partition coefficient (Wildman–Crippen LogP) is 5.81. The van der Waals surface area contributed by atoms with E-state index in [1.54, 1.807) is 60.3 Å². The first-order chi connectivity index (χ1) is 14.5. The van der Waals surface area contributed by atoms with E-state index in [0.717, 1.165) is 16.2 Å². The Balaban J connectivity index is 1.56. The Morgan fingerprint density at radius 1 is 0.967 bits per heavy atom. The molecule has 0 aromatic heterocycles. The molecule has 2 amide bonds. The summed E-state index contributed by atoms with van der Waals surface area (Å²) < 4.78 is 14.4. The van der Waals surface area contributed by atoms with Crippen LogP contribution in [0.25, 0.3) is 0 Å². The molecule has 0 saturated carbocycles. The molecule has 3 aromatic carbocycles. The topological polar surface area (TPSA) is 58.2 Å². The lowest BCUT2D eigenvalue weighted by Crippen LogP contribution is -2.31. The van der Waals surface area contributed by atoms with Gasteiger partial charge in [-0.25, -0.2) is 4.39 Å². The first-order valence-corrected chi connectivity index (χ1v) is 11.2. The summed E-state index contributed by atoms with van der Waals surface area (Å²) in [5.74, 6) is -0.116. The van der Waals surface area contributed by atoms with E-state index in [2.05, 4.69) is 26.6 Å². The van der Waals surface area contributed by atoms with E-state index in [4.69, 9.17) is 0 Å². The summed E-state index contributed by atoms with van der Waals surface area (Å²) in [6, 6.07) is 18.3. The molecule has 1 unspecified atom stereocenters. The standard InChI is InChI=1S/C23H18BrFN2O2S/c24-18-7-3-1-5-15(18)22(28)26-19-8-4-2-6-16(19)23(29)27-20-11-12-30-21-10-9-14(25)13-17(20)21/h1-10,13,20H,11-12H2,(H,26,28)(H,27,29). The highest BCUT2D eigenvalue weighted by Crippen LogP contribution is 2.36. The molecular weight excluding hydrogens is 467 g/mol. The molecule has 3 aromatic rings. The van der Waals surface area contributed by atoms with Crippen molar-refractivity contribution in [3.8, 4) is 0 Å². The van der Waals surface area contributed by atoms with E-state index in [1.165, 1.54) is 12.1 Å². The molecular formula is C23H18BrFN2O2S. The molecule has 1 aliphatic heterocycles. The number of hydrogen-bond donors (Lipinski definition) is 2. The number of benzene rings is 3. The van der Waals surface area contributed by atoms with E-state index in [9.17, 15) is 14.0 Å². The van der Waals surface area contributed by atoms with Gasteiger partial charge < -0.3 is 10.6 Å². The number of hydrogen-bond acceptors (Lipinski definition) is 3. The van der Waals surface area contributed by atoms with Gasteiger partial charge in [0.15, 0.2) is 0 Å². The van der Waals surface area contributed by atoms with Crippen LogP contribution in [-0.2, 0) is 0 Å². The Bertz CT molecular complexity index is 1120. The highest BCUT2D eigenvalue weighted by atomic mass is 79.9. The van der Waals surface area contributed by atoms with Crippen LogP contribution in [-0.4, -0.2) is 17.6 Å². The first-order valence-electron chi connectivity index (χ1n) is 9.41. The third kappa shape index (κ3) is 4.42. The minimum atomic E-state index is -0.323. The minimum Gasteiger partial charge on any atom is -0.345 e. The van der Waals surface area contributed by atoms with Crippen LogP contribution in [0.2, 0.25) is 0 Å². The largest absolute Gasteiger partial charge is 0.345 e. The predicted molar refractivity (Wildman–Crippen MR) is 120 cm³/mol. The van der Waals surface area contributed by atoms with E-state index >= 15 is 0 Å². The van der Waals surface area contributed by atoms with Gasteiger partial charge in [-0.1, -0.05) is 24.3 Å². The summed E-state index contributed by atoms with van der Waals surface area (Å²) in [4.78, 5) is 26.7. The van der Waals surface area contributed by atoms with Gasteiger partial charge in [0.2, 0.25) is 0 Å². The van der Waals surface area contributed by atoms with Gasteiger partial charge in [-0.2, -0.15) is 0 Å². The second-order valence-electron chi connectivity index (χ2n) is 6.82. The number of amides is 2. The number of anilines is 1. The van der Waals surface area contributed by atoms with Crippen molar-refractivity contribution in [2.75, 3.05) is 11.1 Å². The van der Waals surface area contributed by atoms with E-state index < -0.39 is 0 Å². The molecule has 1 atom stereocenters. The maximum absolute atomic E-state index is 13.8. The van der Waals surface area contributed by atoms with Gasteiger partial charge in [0.05, 0.1) is 22.9 Å². The van der Waals surface area contributed by atoms with Gasteiger partial charge in [0.25, 0.3) is 11.8 Å². The molecule has 0 bridgehead atoms. The Morgan fingerprint density at radius 2 is 1.70 bits per heavy atom. The van der Waals surface area contributed by atoms with E-state index in [0.29, 0.717) is 27.7 Å². The Kier molecular flexibility index (Phi) is 6.20. The zero-order valence-electron chi connectivity index (χ0n) is 15.8. The van der Waals surface area contributed by atoms with Crippen LogP contribution in [0, 0.1) is 5.82 Å². The fraction of sp³-hybridized carbons (Fsp3) is 0.130. The van der Waals surface area contributed by atoms with Crippen LogP contribution in [0.15, 0.2) is 76.1 Å². The second-order valence-corrected chi connectivity index (χ2v) is 8.82. The molecule has 4 nitrogen and oxygen atoms in total. The summed E-state index contributed by atoms with van der Waals surface area (Å²) in [6.45, 7) is 0. The number of fused-ring (bicyclic) bond motifs is 1. The number of halogens is 2. The monoisotopic (exact) mass is 484 g/mol. The highest BCUT2D eigenvalue weighted by molar-refractivity contribution is 9.10. The number of thioether (sulfide) groups is 1. The summed E-state index contributed by atoms with van der Waals surface area (Å²) in [6.07, 6.45) is 0.707. The van der Waals surface area contributed by atoms with Crippen LogP contribution in [0.5, 0.6) is 0 Å². The average molecular weight is 485 g/mol. The Hall–Kier alpha value is -2.64. The van der Waals surface area contributed by atoms with Crippen molar-refractivity contribution < 1.29 is 14.0 Å². The van der Waals surface area contributed by atoms with E-state index in [1.807, 2.05) is 6.07 Å². The normalized spacial score (nSPS) is 15.2. The Labute approximate surface area is 186 Å². The van der Waals surface area contributed by atoms with Gasteiger partial charge in [-0.3, -0.25) is 9.59 Å². The lowest BCUT2D eigenvalue weighted by Gasteiger charge is -2.26. The SMILES string of the molecule is O=C(Nc1ccccc1C(=O)NC1CCSc2ccc(F)cc21)c1ccccc1Br. The highest BCUT2D eigenvalue weighted by Gasteiger charge is 2.24. The Morgan fingerprint density at radius 3 is 2.50 bits per heavy atom. The third-order valence-electron chi connectivity index (χ3n) is 4.86. The van der Waals surface area contributed by atoms with E-state index in [-0.39, 0.29) is 23.7 Å². The summed E-state index contributed by atoms with van der Waals surface area (Å²) >= 11 is 5.03. The van der Waals surface area contributed by atoms with Crippen LogP contribution in [0.4, 0.5) is 10.1 Å². The van der Waals surface area contributed by atoms with Crippen molar-refractivity contribution in [1.82, 2.24) is 5.32 Å². The fourth-order valence-electron chi connectivity index (χ4n) is 3.38. The van der Waals surface area contributed by atoms with Crippen LogP contribution in [0.1, 0.15) is 38.7 Å². The van der Waals surface area contributed by atoms with Crippen LogP contribution in [0.3, 0.4) is 0 Å². The minimum absolute atomic E-state index is 0.281. The van der Waals surface area contributed by atoms with Crippen molar-refractivity contribution in [2.45, 2.75) is 17.4 Å². The second kappa shape index (κ2) is 9.02. The van der Waals surface area contributed by atoms with Crippen molar-refractivity contribution in [3.05, 3.63) is 93.7 Å². The number of carbonyl (C=O) groups excluding carboxylic acids is 2. The molecule has 2 N–H and O–H groups in total. The van der Waals surface area contributed by atoms with Gasteiger partial charge in [0.1, 0.15) is 5.82 Å². The smallest absolute Gasteiger partial charge is 0.256 e. The average Bonchev–Trinajstić information content (AvgIpc) is 2.74. The zero-order chi connectivity index (χ0) is 21.1. The zero-order valence-corrected chi connectivity index (χ0v) is 18.2. The quantitative estimate of drug-likeness (QED) is 0.491. The van der Waals surface area contributed by atoms with Crippen LogP contribution >= 0.6 is 27.7 Å². The molecule has 1 heterocycles. The molecule has 4 rings (SSSR count). The maximum atomic E-state index is 13.8. The summed E-state index contributed by atoms with van der Waals surface area (Å²) in [5, 5.41) is 5.82. The van der Waals surface area contributed by atoms with Gasteiger partial charge in [0, 0.05) is 15.1 Å². The summed E-state index contributed by atoms with van der Waals surface area (Å²) in [5.41, 5.74) is 2.03. The lowest BCUT2D eigenvalue weighted by molar-refractivity contribution is 0.0935. The molecule has 0 fully saturated rings. The molecule has 30 heavy (non-hydrogen) atoms. The molecule has 0 spiro atoms. The van der Waals surface area contributed by atoms with Crippen LogP contribution < -0.4 is 10.6 Å². The number of rotatable bonds is 4.